The number of methoxy groups -OCH3 is 1. The van der Waals surface area contributed by atoms with Gasteiger partial charge in [-0.3, -0.25) is 10.2 Å². The zero-order valence-corrected chi connectivity index (χ0v) is 16.7. The van der Waals surface area contributed by atoms with Crippen LogP contribution in [0.3, 0.4) is 0 Å². The number of morpholine rings is 1. The van der Waals surface area contributed by atoms with Crippen LogP contribution in [-0.4, -0.2) is 52.4 Å². The van der Waals surface area contributed by atoms with E-state index in [-0.39, 0.29) is 17.9 Å². The van der Waals surface area contributed by atoms with Gasteiger partial charge in [-0.05, 0) is 42.0 Å². The van der Waals surface area contributed by atoms with Gasteiger partial charge >= 0.3 is 0 Å². The minimum absolute atomic E-state index is 0.0427. The number of carbonyl (C=O) groups is 1. The van der Waals surface area contributed by atoms with E-state index in [4.69, 9.17) is 9.47 Å². The second kappa shape index (κ2) is 9.26. The molecule has 2 heterocycles. The monoisotopic (exact) mass is 396 g/mol. The third-order valence-corrected chi connectivity index (χ3v) is 5.60. The van der Waals surface area contributed by atoms with E-state index in [0.717, 1.165) is 44.3 Å². The minimum Gasteiger partial charge on any atom is -0.497 e. The Morgan fingerprint density at radius 2 is 1.86 bits per heavy atom. The van der Waals surface area contributed by atoms with Gasteiger partial charge in [0.05, 0.1) is 26.4 Å². The van der Waals surface area contributed by atoms with Crippen LogP contribution in [0.1, 0.15) is 22.0 Å². The molecule has 29 heavy (non-hydrogen) atoms. The zero-order valence-electron chi connectivity index (χ0n) is 16.7. The van der Waals surface area contributed by atoms with Crippen LogP contribution in [0.2, 0.25) is 0 Å². The first-order valence-electron chi connectivity index (χ1n) is 10.1. The third kappa shape index (κ3) is 4.70. The number of benzene rings is 2. The van der Waals surface area contributed by atoms with Gasteiger partial charge in [-0.15, -0.1) is 0 Å². The number of hydrogen-bond donors (Lipinski definition) is 3. The molecule has 154 valence electrons. The average molecular weight is 396 g/mol. The molecule has 1 amide bonds. The lowest BCUT2D eigenvalue weighted by molar-refractivity contribution is 0.0946. The molecule has 2 atom stereocenters. The van der Waals surface area contributed by atoms with E-state index in [9.17, 15) is 4.79 Å². The Hall–Kier alpha value is -2.61. The summed E-state index contributed by atoms with van der Waals surface area (Å²) < 4.78 is 10.6. The molecule has 0 bridgehead atoms. The van der Waals surface area contributed by atoms with Crippen molar-refractivity contribution < 1.29 is 14.3 Å². The van der Waals surface area contributed by atoms with E-state index < -0.39 is 0 Å². The van der Waals surface area contributed by atoms with E-state index in [1.807, 2.05) is 36.4 Å². The number of rotatable bonds is 6. The Kier molecular flexibility index (Phi) is 6.29. The van der Waals surface area contributed by atoms with Crippen molar-refractivity contribution in [1.82, 2.24) is 16.2 Å². The molecule has 0 aromatic heterocycles. The lowest BCUT2D eigenvalue weighted by atomic mass is 9.94. The van der Waals surface area contributed by atoms with E-state index in [0.29, 0.717) is 12.1 Å². The molecule has 3 N–H and O–H groups in total. The predicted octanol–water partition coefficient (Wildman–Crippen LogP) is 1.73. The Balaban J connectivity index is 1.33. The summed E-state index contributed by atoms with van der Waals surface area (Å²) in [4.78, 5) is 14.9. The number of nitrogens with zero attached hydrogens (tertiary/aromatic N) is 1. The fourth-order valence-electron chi connectivity index (χ4n) is 3.86. The first kappa shape index (κ1) is 19.7. The largest absolute Gasteiger partial charge is 0.497 e. The van der Waals surface area contributed by atoms with Gasteiger partial charge in [-0.25, -0.2) is 5.43 Å². The fourth-order valence-corrected chi connectivity index (χ4v) is 3.86. The van der Waals surface area contributed by atoms with Crippen LogP contribution in [0.4, 0.5) is 5.69 Å². The summed E-state index contributed by atoms with van der Waals surface area (Å²) in [5.74, 6) is 1.06. The summed E-state index contributed by atoms with van der Waals surface area (Å²) in [5.41, 5.74) is 9.51. The number of nitrogens with one attached hydrogen (secondary N) is 3. The van der Waals surface area contributed by atoms with Gasteiger partial charge < -0.3 is 19.7 Å². The molecule has 2 aromatic rings. The molecule has 7 nitrogen and oxygen atoms in total. The maximum atomic E-state index is 12.6. The van der Waals surface area contributed by atoms with Crippen LogP contribution >= 0.6 is 0 Å². The number of hydrazine groups is 1. The Morgan fingerprint density at radius 1 is 1.14 bits per heavy atom. The molecule has 0 spiro atoms. The molecule has 0 aliphatic carbocycles. The van der Waals surface area contributed by atoms with Crippen molar-refractivity contribution in [2.24, 2.45) is 5.92 Å². The second-order valence-electron chi connectivity index (χ2n) is 7.39. The van der Waals surface area contributed by atoms with Gasteiger partial charge in [0.2, 0.25) is 0 Å². The van der Waals surface area contributed by atoms with Gasteiger partial charge in [0.15, 0.2) is 0 Å². The number of anilines is 1. The molecule has 2 fully saturated rings. The van der Waals surface area contributed by atoms with Gasteiger partial charge in [-0.2, -0.15) is 0 Å². The van der Waals surface area contributed by atoms with Gasteiger partial charge in [0.1, 0.15) is 5.75 Å². The van der Waals surface area contributed by atoms with Crippen molar-refractivity contribution >= 4 is 11.6 Å². The molecular formula is C22H28N4O3. The highest BCUT2D eigenvalue weighted by atomic mass is 16.5. The summed E-state index contributed by atoms with van der Waals surface area (Å²) >= 11 is 0. The topological polar surface area (TPSA) is 74.9 Å². The molecular weight excluding hydrogens is 368 g/mol. The molecule has 2 aliphatic heterocycles. The summed E-state index contributed by atoms with van der Waals surface area (Å²) in [5, 5.41) is 3.08. The Morgan fingerprint density at radius 3 is 2.55 bits per heavy atom. The molecule has 2 saturated heterocycles. The van der Waals surface area contributed by atoms with Gasteiger partial charge in [0, 0.05) is 43.3 Å². The van der Waals surface area contributed by atoms with Crippen LogP contribution in [0.15, 0.2) is 48.5 Å². The average Bonchev–Trinajstić information content (AvgIpc) is 3.27. The van der Waals surface area contributed by atoms with E-state index in [2.05, 4.69) is 33.2 Å². The molecule has 2 aliphatic rings. The molecule has 2 unspecified atom stereocenters. The minimum atomic E-state index is -0.0427. The van der Waals surface area contributed by atoms with Crippen molar-refractivity contribution in [2.75, 3.05) is 51.4 Å². The summed E-state index contributed by atoms with van der Waals surface area (Å²) in [6.45, 7) is 4.68. The van der Waals surface area contributed by atoms with E-state index >= 15 is 0 Å². The van der Waals surface area contributed by atoms with Crippen molar-refractivity contribution in [3.63, 3.8) is 0 Å². The van der Waals surface area contributed by atoms with Crippen LogP contribution in [0.25, 0.3) is 0 Å². The SMILES string of the molecule is COc1ccc(C2NNCC2CNC(=O)c2ccc(N3CCOCC3)cc2)cc1. The molecule has 0 saturated carbocycles. The first-order chi connectivity index (χ1) is 14.2. The molecule has 4 rings (SSSR count). The quantitative estimate of drug-likeness (QED) is 0.691. The van der Waals surface area contributed by atoms with Crippen molar-refractivity contribution in [2.45, 2.75) is 6.04 Å². The standard InChI is InChI=1S/C22H28N4O3/c1-28-20-8-4-16(5-9-20)21-18(15-24-25-21)14-23-22(27)17-2-6-19(7-3-17)26-10-12-29-13-11-26/h2-9,18,21,24-25H,10-15H2,1H3,(H,23,27). The van der Waals surface area contributed by atoms with Crippen LogP contribution in [-0.2, 0) is 4.74 Å². The molecule has 0 radical (unpaired) electrons. The van der Waals surface area contributed by atoms with Crippen molar-refractivity contribution in [1.29, 1.82) is 0 Å². The number of hydrogen-bond acceptors (Lipinski definition) is 6. The van der Waals surface area contributed by atoms with Crippen molar-refractivity contribution in [3.8, 4) is 5.75 Å². The summed E-state index contributed by atoms with van der Waals surface area (Å²) in [7, 11) is 1.66. The van der Waals surface area contributed by atoms with Gasteiger partial charge in [0.25, 0.3) is 5.91 Å². The first-order valence-corrected chi connectivity index (χ1v) is 10.1. The highest BCUT2D eigenvalue weighted by Crippen LogP contribution is 2.26. The normalized spacial score (nSPS) is 21.8. The maximum absolute atomic E-state index is 12.6. The van der Waals surface area contributed by atoms with Crippen LogP contribution < -0.4 is 25.8 Å². The maximum Gasteiger partial charge on any atom is 0.251 e. The smallest absolute Gasteiger partial charge is 0.251 e. The predicted molar refractivity (Wildman–Crippen MR) is 112 cm³/mol. The van der Waals surface area contributed by atoms with E-state index in [1.165, 1.54) is 5.56 Å². The second-order valence-corrected chi connectivity index (χ2v) is 7.39. The summed E-state index contributed by atoms with van der Waals surface area (Å²) in [6.07, 6.45) is 0. The Labute approximate surface area is 171 Å². The van der Waals surface area contributed by atoms with Crippen LogP contribution in [0.5, 0.6) is 5.75 Å². The third-order valence-electron chi connectivity index (χ3n) is 5.60. The van der Waals surface area contributed by atoms with Crippen LogP contribution in [0, 0.1) is 5.92 Å². The highest BCUT2D eigenvalue weighted by molar-refractivity contribution is 5.94. The number of carbonyl (C=O) groups excluding carboxylic acids is 1. The number of ether oxygens (including phenoxy) is 2. The zero-order chi connectivity index (χ0) is 20.1. The van der Waals surface area contributed by atoms with Gasteiger partial charge in [-0.1, -0.05) is 12.1 Å². The van der Waals surface area contributed by atoms with Crippen molar-refractivity contribution in [3.05, 3.63) is 59.7 Å². The Bertz CT molecular complexity index is 804. The fraction of sp³-hybridized carbons (Fsp3) is 0.409. The molecule has 7 heteroatoms. The number of amides is 1. The van der Waals surface area contributed by atoms with E-state index in [1.54, 1.807) is 7.11 Å². The molecule has 2 aromatic carbocycles. The lowest BCUT2D eigenvalue weighted by Gasteiger charge is -2.28. The lowest BCUT2D eigenvalue weighted by Crippen LogP contribution is -2.36. The highest BCUT2D eigenvalue weighted by Gasteiger charge is 2.28. The summed E-state index contributed by atoms with van der Waals surface area (Å²) in [6, 6.07) is 16.0.